The van der Waals surface area contributed by atoms with Crippen LogP contribution in [-0.2, 0) is 22.6 Å². The van der Waals surface area contributed by atoms with Crippen LogP contribution >= 0.6 is 0 Å². The van der Waals surface area contributed by atoms with Gasteiger partial charge in [0.2, 0.25) is 5.95 Å². The predicted molar refractivity (Wildman–Crippen MR) is 101 cm³/mol. The molecular formula is C20H25N5O2. The number of fused-ring (bicyclic) bond motifs is 1. The lowest BCUT2D eigenvalue weighted by Gasteiger charge is -2.11. The molecule has 2 fully saturated rings. The molecule has 0 unspecified atom stereocenters. The standard InChI is InChI=1S/C20H25N5O2/c1-2-24-17-8-4-3-7-16(17)21-20(24)25-18(22-19(23-25)14-9-10-14)13-26-12-15-6-5-11-27-15/h3-4,7-8,14-15H,2,5-6,9-13H2,1H3/t15-/m0/s1. The second-order valence-corrected chi connectivity index (χ2v) is 7.37. The molecule has 1 aliphatic carbocycles. The van der Waals surface area contributed by atoms with Gasteiger partial charge in [0.1, 0.15) is 6.61 Å². The normalized spacial score (nSPS) is 20.0. The van der Waals surface area contributed by atoms with Crippen molar-refractivity contribution in [3.05, 3.63) is 35.9 Å². The molecule has 1 aliphatic heterocycles. The molecule has 0 amide bonds. The highest BCUT2D eigenvalue weighted by Crippen LogP contribution is 2.38. The molecule has 1 atom stereocenters. The van der Waals surface area contributed by atoms with Crippen LogP contribution in [0.4, 0.5) is 0 Å². The van der Waals surface area contributed by atoms with Crippen molar-refractivity contribution in [1.82, 2.24) is 24.3 Å². The Morgan fingerprint density at radius 1 is 1.19 bits per heavy atom. The average Bonchev–Trinajstić information content (AvgIpc) is 3.11. The minimum absolute atomic E-state index is 0.212. The van der Waals surface area contributed by atoms with E-state index in [1.54, 1.807) is 0 Å². The van der Waals surface area contributed by atoms with Crippen LogP contribution in [0.2, 0.25) is 0 Å². The summed E-state index contributed by atoms with van der Waals surface area (Å²) >= 11 is 0. The van der Waals surface area contributed by atoms with E-state index in [2.05, 4.69) is 17.6 Å². The molecule has 1 saturated heterocycles. The summed E-state index contributed by atoms with van der Waals surface area (Å²) in [5.74, 6) is 3.04. The van der Waals surface area contributed by atoms with Crippen LogP contribution in [0.5, 0.6) is 0 Å². The van der Waals surface area contributed by atoms with Crippen molar-refractivity contribution >= 4 is 11.0 Å². The fourth-order valence-electron chi connectivity index (χ4n) is 3.72. The average molecular weight is 367 g/mol. The van der Waals surface area contributed by atoms with Gasteiger partial charge < -0.3 is 14.0 Å². The molecule has 3 aromatic rings. The first-order chi connectivity index (χ1) is 13.3. The van der Waals surface area contributed by atoms with E-state index >= 15 is 0 Å². The van der Waals surface area contributed by atoms with Gasteiger partial charge >= 0.3 is 0 Å². The third kappa shape index (κ3) is 3.26. The van der Waals surface area contributed by atoms with Crippen LogP contribution < -0.4 is 0 Å². The lowest BCUT2D eigenvalue weighted by molar-refractivity contribution is 0.00810. The van der Waals surface area contributed by atoms with Gasteiger partial charge in [0, 0.05) is 19.1 Å². The molecule has 0 N–H and O–H groups in total. The Morgan fingerprint density at radius 3 is 2.85 bits per heavy atom. The van der Waals surface area contributed by atoms with E-state index in [1.807, 2.05) is 22.9 Å². The largest absolute Gasteiger partial charge is 0.376 e. The summed E-state index contributed by atoms with van der Waals surface area (Å²) in [4.78, 5) is 9.63. The fourth-order valence-corrected chi connectivity index (χ4v) is 3.72. The van der Waals surface area contributed by atoms with Crippen LogP contribution in [0.25, 0.3) is 17.0 Å². The van der Waals surface area contributed by atoms with Crippen molar-refractivity contribution in [2.24, 2.45) is 0 Å². The number of hydrogen-bond donors (Lipinski definition) is 0. The third-order valence-electron chi connectivity index (χ3n) is 5.33. The van der Waals surface area contributed by atoms with Crippen LogP contribution in [0.15, 0.2) is 24.3 Å². The minimum atomic E-state index is 0.212. The first-order valence-corrected chi connectivity index (χ1v) is 9.94. The van der Waals surface area contributed by atoms with Crippen LogP contribution in [0.1, 0.15) is 50.2 Å². The second-order valence-electron chi connectivity index (χ2n) is 7.37. The SMILES string of the molecule is CCn1c(-n2nc(C3CC3)nc2COC[C@@H]2CCCO2)nc2ccccc21. The number of ether oxygens (including phenoxy) is 2. The van der Waals surface area contributed by atoms with Crippen molar-refractivity contribution in [1.29, 1.82) is 0 Å². The van der Waals surface area contributed by atoms with Gasteiger partial charge in [-0.2, -0.15) is 4.68 Å². The summed E-state index contributed by atoms with van der Waals surface area (Å²) in [6.45, 7) is 4.83. The zero-order valence-electron chi connectivity index (χ0n) is 15.7. The van der Waals surface area contributed by atoms with Crippen LogP contribution in [0, 0.1) is 0 Å². The zero-order valence-corrected chi connectivity index (χ0v) is 15.7. The number of rotatable bonds is 7. The van der Waals surface area contributed by atoms with E-state index in [4.69, 9.17) is 24.5 Å². The first-order valence-electron chi connectivity index (χ1n) is 9.94. The molecule has 7 nitrogen and oxygen atoms in total. The molecule has 142 valence electrons. The van der Waals surface area contributed by atoms with Gasteiger partial charge in [0.25, 0.3) is 0 Å². The predicted octanol–water partition coefficient (Wildman–Crippen LogP) is 3.21. The van der Waals surface area contributed by atoms with Gasteiger partial charge in [-0.25, -0.2) is 9.97 Å². The Kier molecular flexibility index (Phi) is 4.41. The van der Waals surface area contributed by atoms with Crippen LogP contribution in [-0.4, -0.2) is 43.6 Å². The smallest absolute Gasteiger partial charge is 0.233 e. The Labute approximate surface area is 158 Å². The number of nitrogens with zero attached hydrogens (tertiary/aromatic N) is 5. The maximum Gasteiger partial charge on any atom is 0.233 e. The molecule has 3 heterocycles. The highest BCUT2D eigenvalue weighted by atomic mass is 16.5. The van der Waals surface area contributed by atoms with Crippen molar-refractivity contribution in [2.45, 2.75) is 57.8 Å². The molecule has 0 radical (unpaired) electrons. The molecule has 1 saturated carbocycles. The van der Waals surface area contributed by atoms with E-state index in [1.165, 1.54) is 12.8 Å². The number of benzene rings is 1. The Hall–Kier alpha value is -2.25. The summed E-state index contributed by atoms with van der Waals surface area (Å²) in [7, 11) is 0. The van der Waals surface area contributed by atoms with E-state index < -0.39 is 0 Å². The Balaban J connectivity index is 1.47. The quantitative estimate of drug-likeness (QED) is 0.641. The summed E-state index contributed by atoms with van der Waals surface area (Å²) in [6, 6.07) is 8.20. The fraction of sp³-hybridized carbons (Fsp3) is 0.550. The van der Waals surface area contributed by atoms with Crippen LogP contribution in [0.3, 0.4) is 0 Å². The zero-order chi connectivity index (χ0) is 18.2. The number of aromatic nitrogens is 5. The van der Waals surface area contributed by atoms with Crippen molar-refractivity contribution in [3.8, 4) is 5.95 Å². The number of hydrogen-bond acceptors (Lipinski definition) is 5. The van der Waals surface area contributed by atoms with Gasteiger partial charge in [-0.3, -0.25) is 0 Å². The molecule has 7 heteroatoms. The van der Waals surface area contributed by atoms with E-state index in [0.717, 1.165) is 54.6 Å². The number of imidazole rings is 1. The number of para-hydroxylation sites is 2. The summed E-state index contributed by atoms with van der Waals surface area (Å²) in [5, 5.41) is 4.81. The monoisotopic (exact) mass is 367 g/mol. The molecule has 2 aromatic heterocycles. The number of aryl methyl sites for hydroxylation is 1. The maximum atomic E-state index is 5.94. The second kappa shape index (κ2) is 7.05. The van der Waals surface area contributed by atoms with Gasteiger partial charge in [0.15, 0.2) is 11.6 Å². The lowest BCUT2D eigenvalue weighted by atomic mass is 10.2. The van der Waals surface area contributed by atoms with Crippen molar-refractivity contribution in [2.75, 3.05) is 13.2 Å². The van der Waals surface area contributed by atoms with Gasteiger partial charge in [-0.05, 0) is 44.7 Å². The molecule has 27 heavy (non-hydrogen) atoms. The van der Waals surface area contributed by atoms with Gasteiger partial charge in [-0.1, -0.05) is 12.1 Å². The minimum Gasteiger partial charge on any atom is -0.376 e. The molecule has 2 aliphatic rings. The molecule has 0 bridgehead atoms. The van der Waals surface area contributed by atoms with Crippen molar-refractivity contribution in [3.63, 3.8) is 0 Å². The summed E-state index contributed by atoms with van der Waals surface area (Å²) < 4.78 is 15.7. The van der Waals surface area contributed by atoms with Gasteiger partial charge in [-0.15, -0.1) is 5.10 Å². The summed E-state index contributed by atoms with van der Waals surface area (Å²) in [5.41, 5.74) is 2.09. The molecule has 5 rings (SSSR count). The highest BCUT2D eigenvalue weighted by molar-refractivity contribution is 5.77. The Bertz CT molecular complexity index is 937. The topological polar surface area (TPSA) is 67.0 Å². The summed E-state index contributed by atoms with van der Waals surface area (Å²) in [6.07, 6.45) is 4.75. The van der Waals surface area contributed by atoms with E-state index in [0.29, 0.717) is 19.1 Å². The lowest BCUT2D eigenvalue weighted by Crippen LogP contribution is -2.16. The molecule has 1 aromatic carbocycles. The van der Waals surface area contributed by atoms with E-state index in [9.17, 15) is 0 Å². The third-order valence-corrected chi connectivity index (χ3v) is 5.33. The highest BCUT2D eigenvalue weighted by Gasteiger charge is 2.30. The maximum absolute atomic E-state index is 5.94. The Morgan fingerprint density at radius 2 is 2.07 bits per heavy atom. The first kappa shape index (κ1) is 16.9. The van der Waals surface area contributed by atoms with Gasteiger partial charge in [0.05, 0.1) is 23.7 Å². The van der Waals surface area contributed by atoms with E-state index in [-0.39, 0.29) is 6.10 Å². The van der Waals surface area contributed by atoms with Crippen molar-refractivity contribution < 1.29 is 9.47 Å². The molecule has 0 spiro atoms. The molecular weight excluding hydrogens is 342 g/mol.